The Morgan fingerprint density at radius 3 is 2.50 bits per heavy atom. The van der Waals surface area contributed by atoms with Gasteiger partial charge in [0.05, 0.1) is 5.75 Å². The fourth-order valence-corrected chi connectivity index (χ4v) is 3.56. The molecule has 1 aliphatic rings. The van der Waals surface area contributed by atoms with Crippen molar-refractivity contribution in [1.29, 1.82) is 0 Å². The molecule has 0 aliphatic heterocycles. The highest BCUT2D eigenvalue weighted by Gasteiger charge is 2.16. The molecule has 0 atom stereocenters. The van der Waals surface area contributed by atoms with Gasteiger partial charge in [-0.15, -0.1) is 0 Å². The number of hydrogen-bond donors (Lipinski definition) is 2. The number of hydrogen-bond acceptors (Lipinski definition) is 3. The van der Waals surface area contributed by atoms with E-state index in [1.807, 2.05) is 0 Å². The summed E-state index contributed by atoms with van der Waals surface area (Å²) in [7, 11) is -3.06. The van der Waals surface area contributed by atoms with Gasteiger partial charge in [-0.3, -0.25) is 0 Å². The van der Waals surface area contributed by atoms with Crippen molar-refractivity contribution in [3.8, 4) is 0 Å². The first-order valence-corrected chi connectivity index (χ1v) is 8.97. The molecule has 5 heteroatoms. The molecule has 18 heavy (non-hydrogen) atoms. The molecular formula is C13H28N2O2S. The van der Waals surface area contributed by atoms with Crippen molar-refractivity contribution in [3.05, 3.63) is 0 Å². The molecule has 0 unspecified atom stereocenters. The lowest BCUT2D eigenvalue weighted by Crippen LogP contribution is -2.33. The van der Waals surface area contributed by atoms with Crippen LogP contribution in [0.3, 0.4) is 0 Å². The zero-order chi connectivity index (χ0) is 13.3. The Kier molecular flexibility index (Phi) is 7.86. The molecule has 1 saturated carbocycles. The highest BCUT2D eigenvalue weighted by molar-refractivity contribution is 7.89. The number of nitrogens with one attached hydrogen (secondary N) is 2. The van der Waals surface area contributed by atoms with Gasteiger partial charge >= 0.3 is 0 Å². The molecule has 0 aromatic heterocycles. The van der Waals surface area contributed by atoms with Crippen LogP contribution in [-0.4, -0.2) is 33.8 Å². The summed E-state index contributed by atoms with van der Waals surface area (Å²) in [5.41, 5.74) is 0. The second-order valence-corrected chi connectivity index (χ2v) is 7.20. The van der Waals surface area contributed by atoms with E-state index in [0.29, 0.717) is 18.9 Å². The maximum atomic E-state index is 11.8. The predicted molar refractivity (Wildman–Crippen MR) is 76.1 cm³/mol. The maximum Gasteiger partial charge on any atom is 0.211 e. The Hall–Kier alpha value is -0.130. The molecule has 0 bridgehead atoms. The van der Waals surface area contributed by atoms with Crippen LogP contribution in [0.4, 0.5) is 0 Å². The SMILES string of the molecule is CCCNCCCS(=O)(=O)NCC1CCCCC1. The van der Waals surface area contributed by atoms with Gasteiger partial charge in [0.15, 0.2) is 0 Å². The summed E-state index contributed by atoms with van der Waals surface area (Å²) in [6.07, 6.45) is 7.97. The van der Waals surface area contributed by atoms with E-state index in [1.54, 1.807) is 0 Å². The summed E-state index contributed by atoms with van der Waals surface area (Å²) >= 11 is 0. The first-order chi connectivity index (χ1) is 8.64. The van der Waals surface area contributed by atoms with Crippen LogP contribution in [0, 0.1) is 5.92 Å². The zero-order valence-corrected chi connectivity index (χ0v) is 12.4. The average Bonchev–Trinajstić information content (AvgIpc) is 2.38. The van der Waals surface area contributed by atoms with Crippen LogP contribution in [0.5, 0.6) is 0 Å². The second-order valence-electron chi connectivity index (χ2n) is 5.27. The van der Waals surface area contributed by atoms with E-state index in [2.05, 4.69) is 17.0 Å². The fourth-order valence-electron chi connectivity index (χ4n) is 2.40. The van der Waals surface area contributed by atoms with Gasteiger partial charge < -0.3 is 5.32 Å². The quantitative estimate of drug-likeness (QED) is 0.632. The minimum absolute atomic E-state index is 0.246. The Bertz CT molecular complexity index is 298. The number of rotatable bonds is 9. The van der Waals surface area contributed by atoms with Crippen LogP contribution in [0.2, 0.25) is 0 Å². The van der Waals surface area contributed by atoms with Gasteiger partial charge in [0, 0.05) is 6.54 Å². The summed E-state index contributed by atoms with van der Waals surface area (Å²) in [6.45, 7) is 4.51. The minimum Gasteiger partial charge on any atom is -0.317 e. The topological polar surface area (TPSA) is 58.2 Å². The summed E-state index contributed by atoms with van der Waals surface area (Å²) < 4.78 is 26.3. The van der Waals surface area contributed by atoms with E-state index in [0.717, 1.165) is 19.5 Å². The summed E-state index contributed by atoms with van der Waals surface area (Å²) in [4.78, 5) is 0. The van der Waals surface area contributed by atoms with E-state index in [1.165, 1.54) is 32.1 Å². The van der Waals surface area contributed by atoms with E-state index >= 15 is 0 Å². The third-order valence-corrected chi connectivity index (χ3v) is 4.94. The molecule has 108 valence electrons. The van der Waals surface area contributed by atoms with Crippen LogP contribution in [-0.2, 0) is 10.0 Å². The molecule has 0 saturated heterocycles. The molecule has 0 aromatic carbocycles. The normalized spacial score (nSPS) is 18.1. The molecule has 0 radical (unpaired) electrons. The molecule has 4 nitrogen and oxygen atoms in total. The predicted octanol–water partition coefficient (Wildman–Crippen LogP) is 1.88. The smallest absolute Gasteiger partial charge is 0.211 e. The third-order valence-electron chi connectivity index (χ3n) is 3.51. The summed E-state index contributed by atoms with van der Waals surface area (Å²) in [6, 6.07) is 0. The maximum absolute atomic E-state index is 11.8. The standard InChI is InChI=1S/C13H28N2O2S/c1-2-9-14-10-6-11-18(16,17)15-12-13-7-4-3-5-8-13/h13-15H,2-12H2,1H3. The van der Waals surface area contributed by atoms with Gasteiger partial charge in [-0.05, 0) is 44.7 Å². The van der Waals surface area contributed by atoms with Crippen molar-refractivity contribution in [2.24, 2.45) is 5.92 Å². The molecular weight excluding hydrogens is 248 g/mol. The van der Waals surface area contributed by atoms with Crippen LogP contribution < -0.4 is 10.0 Å². The van der Waals surface area contributed by atoms with Gasteiger partial charge in [-0.1, -0.05) is 26.2 Å². The van der Waals surface area contributed by atoms with Crippen LogP contribution in [0.25, 0.3) is 0 Å². The van der Waals surface area contributed by atoms with Crippen molar-refractivity contribution in [1.82, 2.24) is 10.0 Å². The highest BCUT2D eigenvalue weighted by atomic mass is 32.2. The van der Waals surface area contributed by atoms with Gasteiger partial charge in [0.1, 0.15) is 0 Å². The average molecular weight is 276 g/mol. The van der Waals surface area contributed by atoms with Crippen molar-refractivity contribution < 1.29 is 8.42 Å². The van der Waals surface area contributed by atoms with Crippen molar-refractivity contribution in [2.45, 2.75) is 51.9 Å². The fraction of sp³-hybridized carbons (Fsp3) is 1.00. The molecule has 2 N–H and O–H groups in total. The Balaban J connectivity index is 2.10. The molecule has 0 heterocycles. The Labute approximate surface area is 112 Å². The van der Waals surface area contributed by atoms with Crippen LogP contribution in [0.1, 0.15) is 51.9 Å². The molecule has 0 spiro atoms. The van der Waals surface area contributed by atoms with E-state index in [-0.39, 0.29) is 5.75 Å². The Morgan fingerprint density at radius 2 is 1.83 bits per heavy atom. The minimum atomic E-state index is -3.06. The van der Waals surface area contributed by atoms with Crippen molar-refractivity contribution >= 4 is 10.0 Å². The van der Waals surface area contributed by atoms with Crippen LogP contribution >= 0.6 is 0 Å². The van der Waals surface area contributed by atoms with Crippen molar-refractivity contribution in [2.75, 3.05) is 25.4 Å². The first-order valence-electron chi connectivity index (χ1n) is 7.32. The highest BCUT2D eigenvalue weighted by Crippen LogP contribution is 2.22. The molecule has 1 fully saturated rings. The first kappa shape index (κ1) is 15.9. The third kappa shape index (κ3) is 7.34. The van der Waals surface area contributed by atoms with Gasteiger partial charge in [-0.25, -0.2) is 13.1 Å². The zero-order valence-electron chi connectivity index (χ0n) is 11.6. The van der Waals surface area contributed by atoms with Gasteiger partial charge in [0.25, 0.3) is 0 Å². The van der Waals surface area contributed by atoms with Gasteiger partial charge in [-0.2, -0.15) is 0 Å². The largest absolute Gasteiger partial charge is 0.317 e. The van der Waals surface area contributed by atoms with E-state index in [4.69, 9.17) is 0 Å². The molecule has 0 aromatic rings. The van der Waals surface area contributed by atoms with Crippen LogP contribution in [0.15, 0.2) is 0 Å². The molecule has 1 aliphatic carbocycles. The lowest BCUT2D eigenvalue weighted by atomic mass is 9.90. The monoisotopic (exact) mass is 276 g/mol. The Morgan fingerprint density at radius 1 is 1.11 bits per heavy atom. The lowest BCUT2D eigenvalue weighted by Gasteiger charge is -2.21. The second kappa shape index (κ2) is 8.88. The summed E-state index contributed by atoms with van der Waals surface area (Å²) in [5.74, 6) is 0.808. The van der Waals surface area contributed by atoms with E-state index < -0.39 is 10.0 Å². The molecule has 1 rings (SSSR count). The molecule has 0 amide bonds. The van der Waals surface area contributed by atoms with Gasteiger partial charge in [0.2, 0.25) is 10.0 Å². The van der Waals surface area contributed by atoms with E-state index in [9.17, 15) is 8.42 Å². The number of sulfonamides is 1. The lowest BCUT2D eigenvalue weighted by molar-refractivity contribution is 0.357. The summed E-state index contributed by atoms with van der Waals surface area (Å²) in [5, 5.41) is 3.22. The van der Waals surface area contributed by atoms with Crippen molar-refractivity contribution in [3.63, 3.8) is 0 Å².